The molecule has 1 aromatic rings. The van der Waals surface area contributed by atoms with Crippen molar-refractivity contribution in [1.82, 2.24) is 4.90 Å². The number of nitrogens with zero attached hydrogens (tertiary/aromatic N) is 2. The van der Waals surface area contributed by atoms with Crippen LogP contribution in [0.1, 0.15) is 32.3 Å². The van der Waals surface area contributed by atoms with Crippen LogP contribution in [0.5, 0.6) is 0 Å². The number of likely N-dealkylation sites (tertiary alicyclic amines) is 1. The van der Waals surface area contributed by atoms with Gasteiger partial charge in [-0.15, -0.1) is 0 Å². The number of rotatable bonds is 4. The van der Waals surface area contributed by atoms with Crippen molar-refractivity contribution in [1.29, 1.82) is 5.26 Å². The molecule has 1 aromatic carbocycles. The van der Waals surface area contributed by atoms with Crippen molar-refractivity contribution in [3.05, 3.63) is 29.8 Å². The molecule has 0 amide bonds. The Morgan fingerprint density at radius 2 is 2.00 bits per heavy atom. The van der Waals surface area contributed by atoms with Crippen LogP contribution < -0.4 is 0 Å². The van der Waals surface area contributed by atoms with E-state index in [0.29, 0.717) is 16.4 Å². The summed E-state index contributed by atoms with van der Waals surface area (Å²) in [6.07, 6.45) is 1.91. The van der Waals surface area contributed by atoms with Gasteiger partial charge in [0.25, 0.3) is 0 Å². The molecule has 20 heavy (non-hydrogen) atoms. The topological polar surface area (TPSA) is 44.1 Å². The van der Waals surface area contributed by atoms with Crippen molar-refractivity contribution in [3.8, 4) is 6.07 Å². The lowest BCUT2D eigenvalue weighted by Crippen LogP contribution is -2.39. The van der Waals surface area contributed by atoms with Crippen LogP contribution in [0.2, 0.25) is 0 Å². The summed E-state index contributed by atoms with van der Waals surface area (Å²) in [5.74, 6) is 0.677. The van der Waals surface area contributed by atoms with Crippen molar-refractivity contribution in [2.24, 2.45) is 5.92 Å². The molecular weight excluding hydrogens is 268 g/mol. The second-order valence-electron chi connectivity index (χ2n) is 5.80. The molecule has 3 nitrogen and oxygen atoms in total. The molecule has 0 aliphatic carbocycles. The van der Waals surface area contributed by atoms with E-state index in [4.69, 9.17) is 5.26 Å². The zero-order valence-corrected chi connectivity index (χ0v) is 13.0. The molecule has 1 aliphatic heterocycles. The summed E-state index contributed by atoms with van der Waals surface area (Å²) in [4.78, 5) is 3.16. The first-order valence-electron chi connectivity index (χ1n) is 7.24. The molecule has 0 radical (unpaired) electrons. The van der Waals surface area contributed by atoms with Crippen LogP contribution in [0.3, 0.4) is 0 Å². The number of piperidine rings is 1. The lowest BCUT2D eigenvalue weighted by atomic mass is 10.1. The van der Waals surface area contributed by atoms with Crippen LogP contribution in [0.25, 0.3) is 0 Å². The molecule has 1 heterocycles. The average Bonchev–Trinajstić information content (AvgIpc) is 2.46. The molecule has 0 aromatic heterocycles. The molecule has 1 atom stereocenters. The summed E-state index contributed by atoms with van der Waals surface area (Å²) in [5, 5.41) is 9.30. The minimum absolute atomic E-state index is 0.188. The molecule has 1 fully saturated rings. The van der Waals surface area contributed by atoms with E-state index < -0.39 is 10.8 Å². The zero-order valence-electron chi connectivity index (χ0n) is 12.2. The maximum atomic E-state index is 12.6. The summed E-state index contributed by atoms with van der Waals surface area (Å²) in [6, 6.07) is 9.41. The quantitative estimate of drug-likeness (QED) is 0.856. The minimum atomic E-state index is -1.06. The Balaban J connectivity index is 2.00. The fraction of sp³-hybridized carbons (Fsp3) is 0.562. The van der Waals surface area contributed by atoms with E-state index in [2.05, 4.69) is 24.8 Å². The van der Waals surface area contributed by atoms with E-state index in [1.54, 1.807) is 6.07 Å². The highest BCUT2D eigenvalue weighted by Crippen LogP contribution is 2.23. The van der Waals surface area contributed by atoms with Crippen LogP contribution >= 0.6 is 0 Å². The van der Waals surface area contributed by atoms with E-state index >= 15 is 0 Å². The van der Waals surface area contributed by atoms with Gasteiger partial charge in [0.1, 0.15) is 6.07 Å². The number of nitriles is 1. The molecule has 0 bridgehead atoms. The van der Waals surface area contributed by atoms with Gasteiger partial charge in [0.2, 0.25) is 0 Å². The molecule has 1 saturated heterocycles. The van der Waals surface area contributed by atoms with Gasteiger partial charge >= 0.3 is 0 Å². The van der Waals surface area contributed by atoms with Gasteiger partial charge in [-0.05, 0) is 44.0 Å². The fourth-order valence-electron chi connectivity index (χ4n) is 2.74. The van der Waals surface area contributed by atoms with Crippen molar-refractivity contribution in [2.75, 3.05) is 19.6 Å². The van der Waals surface area contributed by atoms with E-state index in [0.717, 1.165) is 32.5 Å². The van der Waals surface area contributed by atoms with Crippen LogP contribution in [0, 0.1) is 17.2 Å². The van der Waals surface area contributed by atoms with Crippen molar-refractivity contribution < 1.29 is 4.21 Å². The third kappa shape index (κ3) is 3.68. The summed E-state index contributed by atoms with van der Waals surface area (Å²) in [7, 11) is -1.06. The first-order chi connectivity index (χ1) is 9.61. The van der Waals surface area contributed by atoms with Crippen molar-refractivity contribution >= 4 is 10.8 Å². The summed E-state index contributed by atoms with van der Waals surface area (Å²) < 4.78 is 12.6. The first kappa shape index (κ1) is 15.2. The normalized spacial score (nSPS) is 18.9. The second-order valence-corrected chi connectivity index (χ2v) is 7.50. The molecule has 0 N–H and O–H groups in total. The highest BCUT2D eigenvalue weighted by atomic mass is 32.2. The summed E-state index contributed by atoms with van der Waals surface area (Å²) >= 11 is 0. The van der Waals surface area contributed by atoms with Crippen LogP contribution in [0.15, 0.2) is 29.2 Å². The second kappa shape index (κ2) is 7.01. The van der Waals surface area contributed by atoms with Crippen LogP contribution in [-0.2, 0) is 10.8 Å². The van der Waals surface area contributed by atoms with Crippen molar-refractivity contribution in [2.45, 2.75) is 36.8 Å². The van der Waals surface area contributed by atoms with Gasteiger partial charge in [0.15, 0.2) is 0 Å². The predicted molar refractivity (Wildman–Crippen MR) is 81.9 cm³/mol. The number of hydrogen-bond acceptors (Lipinski definition) is 3. The predicted octanol–water partition coefficient (Wildman–Crippen LogP) is 2.79. The average molecular weight is 290 g/mol. The maximum Gasteiger partial charge on any atom is 0.100 e. The van der Waals surface area contributed by atoms with Crippen molar-refractivity contribution in [3.63, 3.8) is 0 Å². The Labute approximate surface area is 124 Å². The monoisotopic (exact) mass is 290 g/mol. The maximum absolute atomic E-state index is 12.6. The molecule has 1 aliphatic rings. The Bertz CT molecular complexity index is 513. The molecule has 0 spiro atoms. The largest absolute Gasteiger partial charge is 0.303 e. The van der Waals surface area contributed by atoms with Gasteiger partial charge in [-0.25, -0.2) is 0 Å². The van der Waals surface area contributed by atoms with Gasteiger partial charge in [0, 0.05) is 11.8 Å². The lowest BCUT2D eigenvalue weighted by molar-refractivity contribution is 0.208. The van der Waals surface area contributed by atoms with E-state index in [1.807, 2.05) is 18.2 Å². The Morgan fingerprint density at radius 3 is 2.60 bits per heavy atom. The molecule has 2 rings (SSSR count). The Morgan fingerprint density at radius 1 is 1.35 bits per heavy atom. The molecule has 1 unspecified atom stereocenters. The highest BCUT2D eigenvalue weighted by Gasteiger charge is 2.26. The van der Waals surface area contributed by atoms with E-state index in [9.17, 15) is 4.21 Å². The Kier molecular flexibility index (Phi) is 5.33. The summed E-state index contributed by atoms with van der Waals surface area (Å²) in [6.45, 7) is 7.61. The number of benzene rings is 1. The third-order valence-electron chi connectivity index (χ3n) is 3.68. The summed E-state index contributed by atoms with van der Waals surface area (Å²) in [5.41, 5.74) is 0.551. The minimum Gasteiger partial charge on any atom is -0.303 e. The van der Waals surface area contributed by atoms with Gasteiger partial charge in [-0.2, -0.15) is 5.26 Å². The van der Waals surface area contributed by atoms with Gasteiger partial charge < -0.3 is 4.90 Å². The van der Waals surface area contributed by atoms with Gasteiger partial charge in [0.05, 0.1) is 21.3 Å². The zero-order chi connectivity index (χ0) is 14.5. The molecule has 4 heteroatoms. The molecular formula is C16H22N2OS. The van der Waals surface area contributed by atoms with Gasteiger partial charge in [-0.1, -0.05) is 26.0 Å². The molecule has 0 saturated carbocycles. The van der Waals surface area contributed by atoms with Crippen LogP contribution in [-0.4, -0.2) is 34.0 Å². The number of hydrogen-bond donors (Lipinski definition) is 0. The lowest BCUT2D eigenvalue weighted by Gasteiger charge is -2.32. The SMILES string of the molecule is CC(C)CN1CCC(S(=O)c2ccccc2C#N)CC1. The standard InChI is InChI=1S/C16H22N2OS/c1-13(2)12-18-9-7-15(8-10-18)20(19)16-6-4-3-5-14(16)11-17/h3-6,13,15H,7-10,12H2,1-2H3. The van der Waals surface area contributed by atoms with E-state index in [-0.39, 0.29) is 5.25 Å². The van der Waals surface area contributed by atoms with E-state index in [1.165, 1.54) is 0 Å². The fourth-order valence-corrected chi connectivity index (χ4v) is 4.28. The highest BCUT2D eigenvalue weighted by molar-refractivity contribution is 7.85. The van der Waals surface area contributed by atoms with Gasteiger partial charge in [-0.3, -0.25) is 4.21 Å². The Hall–Kier alpha value is -1.18. The smallest absolute Gasteiger partial charge is 0.100 e. The van der Waals surface area contributed by atoms with Crippen LogP contribution in [0.4, 0.5) is 0 Å². The third-order valence-corrected chi connectivity index (χ3v) is 5.55. The molecule has 108 valence electrons. The first-order valence-corrected chi connectivity index (χ1v) is 8.45.